The molecule has 1 aromatic rings. The van der Waals surface area contributed by atoms with Crippen LogP contribution in [0.15, 0.2) is 10.8 Å². The van der Waals surface area contributed by atoms with Crippen LogP contribution in [0.5, 0.6) is 0 Å². The van der Waals surface area contributed by atoms with Gasteiger partial charge < -0.3 is 10.6 Å². The lowest BCUT2D eigenvalue weighted by Gasteiger charge is -2.38. The molecule has 1 aromatic heterocycles. The van der Waals surface area contributed by atoms with Gasteiger partial charge in [-0.15, -0.1) is 0 Å². The Morgan fingerprint density at radius 2 is 1.94 bits per heavy atom. The summed E-state index contributed by atoms with van der Waals surface area (Å²) in [6.45, 7) is 6.21. The zero-order valence-corrected chi connectivity index (χ0v) is 12.0. The van der Waals surface area contributed by atoms with Crippen LogP contribution >= 0.6 is 15.9 Å². The highest BCUT2D eigenvalue weighted by molar-refractivity contribution is 9.10. The predicted molar refractivity (Wildman–Crippen MR) is 74.3 cm³/mol. The van der Waals surface area contributed by atoms with Crippen molar-refractivity contribution in [2.75, 3.05) is 23.7 Å². The minimum atomic E-state index is 0.447. The minimum absolute atomic E-state index is 0.447. The first kappa shape index (κ1) is 12.6. The van der Waals surface area contributed by atoms with E-state index in [0.717, 1.165) is 29.2 Å². The molecular weight excluding hydrogens is 280 g/mol. The summed E-state index contributed by atoms with van der Waals surface area (Å²) >= 11 is 3.54. The molecule has 94 valence electrons. The number of hydrogen-bond acceptors (Lipinski definition) is 4. The van der Waals surface area contributed by atoms with Gasteiger partial charge in [-0.25, -0.2) is 9.97 Å². The molecule has 1 saturated carbocycles. The molecule has 0 aromatic carbocycles. The summed E-state index contributed by atoms with van der Waals surface area (Å²) in [5.41, 5.74) is 0.447. The Balaban J connectivity index is 2.02. The van der Waals surface area contributed by atoms with Crippen molar-refractivity contribution in [1.29, 1.82) is 0 Å². The fourth-order valence-corrected chi connectivity index (χ4v) is 2.52. The van der Waals surface area contributed by atoms with Crippen LogP contribution in [0.1, 0.15) is 33.1 Å². The molecule has 0 saturated heterocycles. The number of nitrogens with one attached hydrogen (secondary N) is 2. The van der Waals surface area contributed by atoms with E-state index < -0.39 is 0 Å². The van der Waals surface area contributed by atoms with Crippen LogP contribution in [0.25, 0.3) is 0 Å². The van der Waals surface area contributed by atoms with Gasteiger partial charge in [0.25, 0.3) is 0 Å². The first-order valence-corrected chi connectivity index (χ1v) is 6.92. The number of nitrogens with zero attached hydrogens (tertiary/aromatic N) is 2. The molecule has 0 bridgehead atoms. The lowest BCUT2D eigenvalue weighted by Crippen LogP contribution is -2.33. The second kappa shape index (κ2) is 5.21. The van der Waals surface area contributed by atoms with Gasteiger partial charge in [-0.2, -0.15) is 0 Å². The summed E-state index contributed by atoms with van der Waals surface area (Å²) in [6, 6.07) is 0. The summed E-state index contributed by atoms with van der Waals surface area (Å²) in [6.07, 6.45) is 5.56. The molecule has 0 aliphatic heterocycles. The third-order valence-corrected chi connectivity index (χ3v) is 4.13. The summed E-state index contributed by atoms with van der Waals surface area (Å²) in [7, 11) is 0. The average molecular weight is 299 g/mol. The Morgan fingerprint density at radius 1 is 1.29 bits per heavy atom. The van der Waals surface area contributed by atoms with Crippen LogP contribution in [0, 0.1) is 5.41 Å². The van der Waals surface area contributed by atoms with Gasteiger partial charge in [0.05, 0.1) is 0 Å². The van der Waals surface area contributed by atoms with Crippen molar-refractivity contribution in [3.8, 4) is 0 Å². The molecule has 1 fully saturated rings. The first-order valence-electron chi connectivity index (χ1n) is 6.13. The normalized spacial score (nSPS) is 17.4. The van der Waals surface area contributed by atoms with Crippen LogP contribution in [0.4, 0.5) is 11.6 Å². The van der Waals surface area contributed by atoms with Crippen LogP contribution < -0.4 is 10.6 Å². The summed E-state index contributed by atoms with van der Waals surface area (Å²) in [4.78, 5) is 8.47. The molecule has 17 heavy (non-hydrogen) atoms. The highest BCUT2D eigenvalue weighted by atomic mass is 79.9. The monoisotopic (exact) mass is 298 g/mol. The minimum Gasteiger partial charge on any atom is -0.369 e. The molecular formula is C12H19BrN4. The van der Waals surface area contributed by atoms with Gasteiger partial charge in [0.15, 0.2) is 0 Å². The van der Waals surface area contributed by atoms with E-state index in [-0.39, 0.29) is 0 Å². The van der Waals surface area contributed by atoms with E-state index in [9.17, 15) is 0 Å². The standard InChI is InChI=1S/C12H19BrN4/c1-3-14-10-9(13)11(17-8-16-10)15-7-12(2)5-4-6-12/h8H,3-7H2,1-2H3,(H2,14,15,16,17). The molecule has 0 amide bonds. The topological polar surface area (TPSA) is 49.8 Å². The molecule has 1 aliphatic rings. The highest BCUT2D eigenvalue weighted by Gasteiger charge is 2.31. The number of halogens is 1. The van der Waals surface area contributed by atoms with Gasteiger partial charge in [0.2, 0.25) is 0 Å². The Kier molecular flexibility index (Phi) is 3.86. The molecule has 5 heteroatoms. The largest absolute Gasteiger partial charge is 0.369 e. The van der Waals surface area contributed by atoms with Crippen molar-refractivity contribution >= 4 is 27.6 Å². The molecule has 1 heterocycles. The molecule has 0 atom stereocenters. The average Bonchev–Trinajstić information content (AvgIpc) is 2.28. The van der Waals surface area contributed by atoms with E-state index in [4.69, 9.17) is 0 Å². The van der Waals surface area contributed by atoms with E-state index in [0.29, 0.717) is 5.41 Å². The number of hydrogen-bond donors (Lipinski definition) is 2. The summed E-state index contributed by atoms with van der Waals surface area (Å²) < 4.78 is 0.921. The molecule has 0 radical (unpaired) electrons. The van der Waals surface area contributed by atoms with Gasteiger partial charge in [-0.1, -0.05) is 13.3 Å². The van der Waals surface area contributed by atoms with Crippen molar-refractivity contribution in [2.45, 2.75) is 33.1 Å². The van der Waals surface area contributed by atoms with Crippen molar-refractivity contribution in [1.82, 2.24) is 9.97 Å². The Morgan fingerprint density at radius 3 is 2.47 bits per heavy atom. The second-order valence-corrected chi connectivity index (χ2v) is 5.73. The zero-order chi connectivity index (χ0) is 12.3. The van der Waals surface area contributed by atoms with E-state index in [2.05, 4.69) is 50.4 Å². The van der Waals surface area contributed by atoms with Crippen molar-refractivity contribution in [3.05, 3.63) is 10.8 Å². The quantitative estimate of drug-likeness (QED) is 0.876. The second-order valence-electron chi connectivity index (χ2n) is 4.93. The van der Waals surface area contributed by atoms with E-state index in [1.807, 2.05) is 0 Å². The van der Waals surface area contributed by atoms with Crippen molar-refractivity contribution in [2.24, 2.45) is 5.41 Å². The number of aromatic nitrogens is 2. The maximum atomic E-state index is 4.27. The van der Waals surface area contributed by atoms with Crippen LogP contribution in [0.2, 0.25) is 0 Å². The third-order valence-electron chi connectivity index (χ3n) is 3.38. The summed E-state index contributed by atoms with van der Waals surface area (Å²) in [5.74, 6) is 1.73. The Labute approximate surface area is 111 Å². The highest BCUT2D eigenvalue weighted by Crippen LogP contribution is 2.40. The number of anilines is 2. The van der Waals surface area contributed by atoms with E-state index >= 15 is 0 Å². The van der Waals surface area contributed by atoms with Crippen molar-refractivity contribution < 1.29 is 0 Å². The first-order chi connectivity index (χ1) is 8.14. The van der Waals surface area contributed by atoms with Gasteiger partial charge in [-0.05, 0) is 41.1 Å². The predicted octanol–water partition coefficient (Wildman–Crippen LogP) is 3.27. The van der Waals surface area contributed by atoms with Gasteiger partial charge in [0.1, 0.15) is 22.4 Å². The fourth-order valence-electron chi connectivity index (χ4n) is 2.04. The molecule has 2 rings (SSSR count). The molecule has 0 unspecified atom stereocenters. The molecule has 0 spiro atoms. The lowest BCUT2D eigenvalue weighted by molar-refractivity contribution is 0.180. The van der Waals surface area contributed by atoms with E-state index in [1.54, 1.807) is 6.33 Å². The Hall–Kier alpha value is -0.840. The maximum absolute atomic E-state index is 4.27. The van der Waals surface area contributed by atoms with Crippen LogP contribution in [-0.4, -0.2) is 23.1 Å². The van der Waals surface area contributed by atoms with Gasteiger partial charge in [-0.3, -0.25) is 0 Å². The smallest absolute Gasteiger partial charge is 0.145 e. The fraction of sp³-hybridized carbons (Fsp3) is 0.667. The van der Waals surface area contributed by atoms with Crippen LogP contribution in [0.3, 0.4) is 0 Å². The van der Waals surface area contributed by atoms with Gasteiger partial charge in [0, 0.05) is 13.1 Å². The summed E-state index contributed by atoms with van der Waals surface area (Å²) in [5, 5.41) is 6.62. The molecule has 1 aliphatic carbocycles. The SMILES string of the molecule is CCNc1ncnc(NCC2(C)CCC2)c1Br. The van der Waals surface area contributed by atoms with Gasteiger partial charge >= 0.3 is 0 Å². The van der Waals surface area contributed by atoms with Crippen molar-refractivity contribution in [3.63, 3.8) is 0 Å². The van der Waals surface area contributed by atoms with E-state index in [1.165, 1.54) is 19.3 Å². The number of rotatable bonds is 5. The molecule has 2 N–H and O–H groups in total. The lowest BCUT2D eigenvalue weighted by atomic mass is 9.70. The molecule has 4 nitrogen and oxygen atoms in total. The Bertz CT molecular complexity index is 390. The third kappa shape index (κ3) is 2.89. The van der Waals surface area contributed by atoms with Crippen LogP contribution in [-0.2, 0) is 0 Å². The zero-order valence-electron chi connectivity index (χ0n) is 10.4. The maximum Gasteiger partial charge on any atom is 0.145 e.